The number of thiocarbonyl (C=S) groups is 2. The molecule has 2 amide bonds. The van der Waals surface area contributed by atoms with E-state index in [-0.39, 0.29) is 28.6 Å². The van der Waals surface area contributed by atoms with Crippen LogP contribution in [0.2, 0.25) is 0 Å². The maximum atomic E-state index is 12.1. The minimum absolute atomic E-state index is 0.144. The third-order valence-electron chi connectivity index (χ3n) is 3.79. The molecule has 0 aliphatic carbocycles. The highest BCUT2D eigenvalue weighted by molar-refractivity contribution is 7.80. The van der Waals surface area contributed by atoms with Gasteiger partial charge in [-0.05, 0) is 85.8 Å². The highest BCUT2D eigenvalue weighted by Crippen LogP contribution is 2.16. The lowest BCUT2D eigenvalue weighted by Crippen LogP contribution is -2.37. The van der Waals surface area contributed by atoms with Gasteiger partial charge in [-0.3, -0.25) is 14.9 Å². The van der Waals surface area contributed by atoms with Crippen LogP contribution in [0, 0.1) is 13.8 Å². The van der Waals surface area contributed by atoms with Crippen LogP contribution in [0.5, 0.6) is 5.75 Å². The average molecular weight is 445 g/mol. The SMILES string of the molecule is CCC(=O)NC(=S)Nc1ccc(NC(=S)NC(=O)COc2cc(C)cc(C)c2)cc1. The van der Waals surface area contributed by atoms with Crippen molar-refractivity contribution in [3.8, 4) is 5.75 Å². The van der Waals surface area contributed by atoms with Gasteiger partial charge < -0.3 is 20.7 Å². The Hall–Kier alpha value is -3.04. The van der Waals surface area contributed by atoms with Crippen molar-refractivity contribution in [3.63, 3.8) is 0 Å². The Labute approximate surface area is 186 Å². The molecule has 0 saturated heterocycles. The standard InChI is InChI=1S/C21H24N4O3S2/c1-4-18(26)24-20(29)22-15-5-7-16(8-6-15)23-21(30)25-19(27)12-28-17-10-13(2)9-14(3)11-17/h5-11H,4,12H2,1-3H3,(H2,22,24,26,29)(H2,23,25,27,30). The van der Waals surface area contributed by atoms with Crippen LogP contribution in [0.1, 0.15) is 24.5 Å². The first-order chi connectivity index (χ1) is 14.2. The first-order valence-electron chi connectivity index (χ1n) is 9.28. The van der Waals surface area contributed by atoms with Crippen LogP contribution >= 0.6 is 24.4 Å². The largest absolute Gasteiger partial charge is 0.484 e. The molecule has 0 fully saturated rings. The van der Waals surface area contributed by atoms with Gasteiger partial charge in [0.2, 0.25) is 5.91 Å². The van der Waals surface area contributed by atoms with Crippen molar-refractivity contribution in [2.24, 2.45) is 0 Å². The lowest BCUT2D eigenvalue weighted by atomic mass is 10.1. The number of rotatable bonds is 6. The first-order valence-corrected chi connectivity index (χ1v) is 10.1. The Bertz CT molecular complexity index is 926. The summed E-state index contributed by atoms with van der Waals surface area (Å²) in [6.07, 6.45) is 0.351. The molecule has 30 heavy (non-hydrogen) atoms. The van der Waals surface area contributed by atoms with Crippen molar-refractivity contribution in [1.82, 2.24) is 10.6 Å². The van der Waals surface area contributed by atoms with Crippen molar-refractivity contribution in [2.45, 2.75) is 27.2 Å². The summed E-state index contributed by atoms with van der Waals surface area (Å²) < 4.78 is 5.52. The topological polar surface area (TPSA) is 91.5 Å². The normalized spacial score (nSPS) is 9.97. The summed E-state index contributed by atoms with van der Waals surface area (Å²) in [4.78, 5) is 23.4. The number of amides is 2. The lowest BCUT2D eigenvalue weighted by molar-refractivity contribution is -0.121. The number of nitrogens with one attached hydrogen (secondary N) is 4. The maximum Gasteiger partial charge on any atom is 0.264 e. The molecule has 2 rings (SSSR count). The molecule has 4 N–H and O–H groups in total. The Kier molecular flexibility index (Phi) is 8.70. The number of hydrogen-bond donors (Lipinski definition) is 4. The summed E-state index contributed by atoms with van der Waals surface area (Å²) in [5.41, 5.74) is 3.52. The van der Waals surface area contributed by atoms with Gasteiger partial charge in [0.05, 0.1) is 0 Å². The fourth-order valence-electron chi connectivity index (χ4n) is 2.50. The van der Waals surface area contributed by atoms with E-state index in [0.29, 0.717) is 23.5 Å². The molecule has 0 saturated carbocycles. The van der Waals surface area contributed by atoms with E-state index in [0.717, 1.165) is 11.1 Å². The van der Waals surface area contributed by atoms with E-state index in [1.165, 1.54) is 0 Å². The molecule has 0 aliphatic heterocycles. The molecule has 2 aromatic rings. The molecular formula is C21H24N4O3S2. The quantitative estimate of drug-likeness (QED) is 0.508. The molecule has 0 bridgehead atoms. The summed E-state index contributed by atoms with van der Waals surface area (Å²) in [6, 6.07) is 12.8. The Morgan fingerprint density at radius 3 is 1.77 bits per heavy atom. The molecule has 0 radical (unpaired) electrons. The average Bonchev–Trinajstić information content (AvgIpc) is 2.67. The number of carbonyl (C=O) groups is 2. The van der Waals surface area contributed by atoms with Crippen LogP contribution in [-0.4, -0.2) is 28.6 Å². The van der Waals surface area contributed by atoms with Crippen LogP contribution in [0.4, 0.5) is 11.4 Å². The van der Waals surface area contributed by atoms with Gasteiger partial charge in [0.15, 0.2) is 16.8 Å². The van der Waals surface area contributed by atoms with E-state index >= 15 is 0 Å². The second-order valence-electron chi connectivity index (χ2n) is 6.55. The summed E-state index contributed by atoms with van der Waals surface area (Å²) in [5.74, 6) is 0.119. The van der Waals surface area contributed by atoms with Crippen molar-refractivity contribution < 1.29 is 14.3 Å². The highest BCUT2D eigenvalue weighted by Gasteiger charge is 2.07. The molecule has 0 spiro atoms. The predicted octanol–water partition coefficient (Wildman–Crippen LogP) is 3.42. The monoisotopic (exact) mass is 444 g/mol. The minimum atomic E-state index is -0.359. The van der Waals surface area contributed by atoms with Crippen LogP contribution in [0.15, 0.2) is 42.5 Å². The van der Waals surface area contributed by atoms with Gasteiger partial charge in [-0.1, -0.05) is 13.0 Å². The lowest BCUT2D eigenvalue weighted by Gasteiger charge is -2.12. The van der Waals surface area contributed by atoms with Crippen LogP contribution in [0.25, 0.3) is 0 Å². The van der Waals surface area contributed by atoms with Crippen LogP contribution in [-0.2, 0) is 9.59 Å². The van der Waals surface area contributed by atoms with E-state index in [4.69, 9.17) is 29.2 Å². The van der Waals surface area contributed by atoms with Crippen LogP contribution < -0.4 is 26.0 Å². The summed E-state index contributed by atoms with van der Waals surface area (Å²) in [6.45, 7) is 5.54. The van der Waals surface area contributed by atoms with E-state index in [2.05, 4.69) is 21.3 Å². The molecule has 7 nitrogen and oxygen atoms in total. The van der Waals surface area contributed by atoms with Crippen LogP contribution in [0.3, 0.4) is 0 Å². The molecule has 0 heterocycles. The molecule has 0 aromatic heterocycles. The molecule has 2 aromatic carbocycles. The molecule has 9 heteroatoms. The summed E-state index contributed by atoms with van der Waals surface area (Å²) in [7, 11) is 0. The third kappa shape index (κ3) is 8.14. The van der Waals surface area contributed by atoms with Crippen molar-refractivity contribution in [2.75, 3.05) is 17.2 Å². The van der Waals surface area contributed by atoms with Gasteiger partial charge in [0.25, 0.3) is 5.91 Å². The number of carbonyl (C=O) groups excluding carboxylic acids is 2. The minimum Gasteiger partial charge on any atom is -0.484 e. The molecule has 0 atom stereocenters. The third-order valence-corrected chi connectivity index (χ3v) is 4.20. The van der Waals surface area contributed by atoms with Crippen molar-refractivity contribution >= 4 is 57.8 Å². The van der Waals surface area contributed by atoms with Crippen molar-refractivity contribution in [3.05, 3.63) is 53.6 Å². The fourth-order valence-corrected chi connectivity index (χ4v) is 2.97. The van der Waals surface area contributed by atoms with Gasteiger partial charge in [-0.15, -0.1) is 0 Å². The van der Waals surface area contributed by atoms with Gasteiger partial charge >= 0.3 is 0 Å². The zero-order valence-corrected chi connectivity index (χ0v) is 18.6. The second-order valence-corrected chi connectivity index (χ2v) is 7.36. The zero-order chi connectivity index (χ0) is 22.1. The Morgan fingerprint density at radius 1 is 0.833 bits per heavy atom. The number of anilines is 2. The summed E-state index contributed by atoms with van der Waals surface area (Å²) >= 11 is 10.2. The highest BCUT2D eigenvalue weighted by atomic mass is 32.1. The smallest absolute Gasteiger partial charge is 0.264 e. The number of ether oxygens (including phenoxy) is 1. The Balaban J connectivity index is 1.79. The van der Waals surface area contributed by atoms with E-state index < -0.39 is 0 Å². The fraction of sp³-hybridized carbons (Fsp3) is 0.238. The van der Waals surface area contributed by atoms with Crippen molar-refractivity contribution in [1.29, 1.82) is 0 Å². The number of benzene rings is 2. The Morgan fingerprint density at radius 2 is 1.30 bits per heavy atom. The zero-order valence-electron chi connectivity index (χ0n) is 17.0. The molecule has 0 aliphatic rings. The number of hydrogen-bond acceptors (Lipinski definition) is 5. The van der Waals surface area contributed by atoms with Gasteiger partial charge in [0.1, 0.15) is 5.75 Å². The molecular weight excluding hydrogens is 420 g/mol. The van der Waals surface area contributed by atoms with E-state index in [9.17, 15) is 9.59 Å². The molecule has 158 valence electrons. The first kappa shape index (κ1) is 23.2. The number of aryl methyl sites for hydroxylation is 2. The molecule has 0 unspecified atom stereocenters. The van der Waals surface area contributed by atoms with Gasteiger partial charge in [-0.2, -0.15) is 0 Å². The predicted molar refractivity (Wildman–Crippen MR) is 127 cm³/mol. The van der Waals surface area contributed by atoms with Gasteiger partial charge in [0, 0.05) is 17.8 Å². The second kappa shape index (κ2) is 11.2. The van der Waals surface area contributed by atoms with E-state index in [1.807, 2.05) is 32.0 Å². The maximum absolute atomic E-state index is 12.1. The van der Waals surface area contributed by atoms with Gasteiger partial charge in [-0.25, -0.2) is 0 Å². The van der Waals surface area contributed by atoms with E-state index in [1.54, 1.807) is 31.2 Å². The summed E-state index contributed by atoms with van der Waals surface area (Å²) in [5, 5.41) is 11.4.